The summed E-state index contributed by atoms with van der Waals surface area (Å²) >= 11 is 0. The van der Waals surface area contributed by atoms with Gasteiger partial charge in [-0.05, 0) is 48.9 Å². The Morgan fingerprint density at radius 3 is 2.45 bits per heavy atom. The molecule has 0 atom stereocenters. The lowest BCUT2D eigenvalue weighted by atomic mass is 10.1. The van der Waals surface area contributed by atoms with Crippen molar-refractivity contribution >= 4 is 17.5 Å². The number of halogens is 1. The standard InChI is InChI=1S/C24H18FN3O3/c1-14-10-11-15(22(26)29)12-20(14)28-23(30)16-6-2-3-7-17(16)24-27-13-21(31-24)18-8-4-5-9-19(18)25/h2-13H,1H3,(H2,26,29)(H,28,30). The Morgan fingerprint density at radius 1 is 1.00 bits per heavy atom. The normalized spacial score (nSPS) is 10.6. The summed E-state index contributed by atoms with van der Waals surface area (Å²) in [6, 6.07) is 17.8. The fraction of sp³-hybridized carbons (Fsp3) is 0.0417. The van der Waals surface area contributed by atoms with Crippen molar-refractivity contribution < 1.29 is 18.4 Å². The second-order valence-corrected chi connectivity index (χ2v) is 6.90. The highest BCUT2D eigenvalue weighted by molar-refractivity contribution is 6.09. The molecule has 2 amide bonds. The molecular formula is C24H18FN3O3. The third-order valence-electron chi connectivity index (χ3n) is 4.82. The molecule has 1 heterocycles. The van der Waals surface area contributed by atoms with Crippen molar-refractivity contribution in [3.8, 4) is 22.8 Å². The van der Waals surface area contributed by atoms with Crippen LogP contribution in [0.2, 0.25) is 0 Å². The summed E-state index contributed by atoms with van der Waals surface area (Å²) in [4.78, 5) is 28.7. The van der Waals surface area contributed by atoms with Crippen molar-refractivity contribution in [3.05, 3.63) is 95.4 Å². The van der Waals surface area contributed by atoms with Crippen LogP contribution in [-0.2, 0) is 0 Å². The van der Waals surface area contributed by atoms with Crippen LogP contribution in [0.4, 0.5) is 10.1 Å². The zero-order chi connectivity index (χ0) is 22.0. The minimum absolute atomic E-state index is 0.187. The summed E-state index contributed by atoms with van der Waals surface area (Å²) in [5, 5.41) is 2.80. The molecule has 0 fully saturated rings. The second kappa shape index (κ2) is 8.23. The fourth-order valence-corrected chi connectivity index (χ4v) is 3.15. The quantitative estimate of drug-likeness (QED) is 0.489. The van der Waals surface area contributed by atoms with Gasteiger partial charge in [0.15, 0.2) is 5.76 Å². The molecule has 0 radical (unpaired) electrons. The van der Waals surface area contributed by atoms with Gasteiger partial charge in [0.1, 0.15) is 5.82 Å². The molecule has 1 aromatic heterocycles. The van der Waals surface area contributed by atoms with E-state index in [1.807, 2.05) is 0 Å². The minimum Gasteiger partial charge on any atom is -0.436 e. The van der Waals surface area contributed by atoms with Crippen molar-refractivity contribution in [2.24, 2.45) is 5.73 Å². The molecule has 0 saturated heterocycles. The SMILES string of the molecule is Cc1ccc(C(N)=O)cc1NC(=O)c1ccccc1-c1ncc(-c2ccccc2F)o1. The van der Waals surface area contributed by atoms with Gasteiger partial charge in [-0.25, -0.2) is 9.37 Å². The summed E-state index contributed by atoms with van der Waals surface area (Å²) in [6.07, 6.45) is 1.42. The molecule has 154 valence electrons. The Hall–Kier alpha value is -4.26. The molecule has 31 heavy (non-hydrogen) atoms. The maximum Gasteiger partial charge on any atom is 0.256 e. The van der Waals surface area contributed by atoms with Gasteiger partial charge in [0.25, 0.3) is 5.91 Å². The predicted molar refractivity (Wildman–Crippen MR) is 115 cm³/mol. The van der Waals surface area contributed by atoms with Gasteiger partial charge in [0.05, 0.1) is 17.3 Å². The van der Waals surface area contributed by atoms with Crippen molar-refractivity contribution in [2.45, 2.75) is 6.92 Å². The Balaban J connectivity index is 1.67. The van der Waals surface area contributed by atoms with E-state index in [-0.39, 0.29) is 22.8 Å². The number of carbonyl (C=O) groups is 2. The third kappa shape index (κ3) is 4.06. The highest BCUT2D eigenvalue weighted by atomic mass is 19.1. The van der Waals surface area contributed by atoms with Crippen LogP contribution >= 0.6 is 0 Å². The number of nitrogens with one attached hydrogen (secondary N) is 1. The zero-order valence-corrected chi connectivity index (χ0v) is 16.6. The summed E-state index contributed by atoms with van der Waals surface area (Å²) in [7, 11) is 0. The Labute approximate surface area is 177 Å². The molecule has 0 aliphatic rings. The molecule has 0 bridgehead atoms. The van der Waals surface area contributed by atoms with Gasteiger partial charge < -0.3 is 15.5 Å². The first-order chi connectivity index (χ1) is 14.9. The minimum atomic E-state index is -0.587. The number of primary amides is 1. The first-order valence-corrected chi connectivity index (χ1v) is 9.46. The van der Waals surface area contributed by atoms with Crippen molar-refractivity contribution in [1.29, 1.82) is 0 Å². The Bertz CT molecular complexity index is 1300. The molecule has 0 saturated carbocycles. The molecular weight excluding hydrogens is 397 g/mol. The number of amides is 2. The molecule has 3 aromatic carbocycles. The van der Waals surface area contributed by atoms with Gasteiger partial charge in [-0.3, -0.25) is 9.59 Å². The van der Waals surface area contributed by atoms with Crippen LogP contribution in [0.1, 0.15) is 26.3 Å². The van der Waals surface area contributed by atoms with E-state index in [0.717, 1.165) is 5.56 Å². The largest absolute Gasteiger partial charge is 0.436 e. The van der Waals surface area contributed by atoms with Gasteiger partial charge in [-0.1, -0.05) is 30.3 Å². The van der Waals surface area contributed by atoms with Gasteiger partial charge >= 0.3 is 0 Å². The monoisotopic (exact) mass is 415 g/mol. The average Bonchev–Trinajstić information content (AvgIpc) is 3.25. The number of carbonyl (C=O) groups excluding carboxylic acids is 2. The first-order valence-electron chi connectivity index (χ1n) is 9.46. The summed E-state index contributed by atoms with van der Waals surface area (Å²) in [5.41, 5.74) is 7.91. The number of anilines is 1. The van der Waals surface area contributed by atoms with E-state index in [4.69, 9.17) is 10.2 Å². The van der Waals surface area contributed by atoms with Crippen molar-refractivity contribution in [3.63, 3.8) is 0 Å². The number of nitrogens with two attached hydrogens (primary N) is 1. The van der Waals surface area contributed by atoms with E-state index in [1.165, 1.54) is 18.3 Å². The fourth-order valence-electron chi connectivity index (χ4n) is 3.15. The molecule has 0 spiro atoms. The van der Waals surface area contributed by atoms with E-state index in [2.05, 4.69) is 10.3 Å². The molecule has 4 aromatic rings. The van der Waals surface area contributed by atoms with E-state index < -0.39 is 17.6 Å². The molecule has 6 nitrogen and oxygen atoms in total. The lowest BCUT2D eigenvalue weighted by Gasteiger charge is -2.11. The van der Waals surface area contributed by atoms with Crippen molar-refractivity contribution in [1.82, 2.24) is 4.98 Å². The van der Waals surface area contributed by atoms with Crippen LogP contribution in [0.25, 0.3) is 22.8 Å². The van der Waals surface area contributed by atoms with E-state index in [1.54, 1.807) is 61.5 Å². The average molecular weight is 415 g/mol. The molecule has 0 unspecified atom stereocenters. The molecule has 4 rings (SSSR count). The second-order valence-electron chi connectivity index (χ2n) is 6.90. The van der Waals surface area contributed by atoms with Crippen LogP contribution in [-0.4, -0.2) is 16.8 Å². The lowest BCUT2D eigenvalue weighted by molar-refractivity contribution is 0.0996. The summed E-state index contributed by atoms with van der Waals surface area (Å²) in [6.45, 7) is 1.81. The Morgan fingerprint density at radius 2 is 1.71 bits per heavy atom. The van der Waals surface area contributed by atoms with Gasteiger partial charge in [0, 0.05) is 16.8 Å². The van der Waals surface area contributed by atoms with Crippen LogP contribution in [0, 0.1) is 12.7 Å². The van der Waals surface area contributed by atoms with Gasteiger partial charge in [-0.2, -0.15) is 0 Å². The van der Waals surface area contributed by atoms with Crippen molar-refractivity contribution in [2.75, 3.05) is 5.32 Å². The molecule has 3 N–H and O–H groups in total. The summed E-state index contributed by atoms with van der Waals surface area (Å²) in [5.74, 6) is -0.983. The number of hydrogen-bond acceptors (Lipinski definition) is 4. The highest BCUT2D eigenvalue weighted by Crippen LogP contribution is 2.30. The summed E-state index contributed by atoms with van der Waals surface area (Å²) < 4.78 is 19.8. The number of hydrogen-bond donors (Lipinski definition) is 2. The smallest absolute Gasteiger partial charge is 0.256 e. The molecule has 0 aliphatic carbocycles. The maximum atomic E-state index is 14.1. The lowest BCUT2D eigenvalue weighted by Crippen LogP contribution is -2.16. The number of aromatic nitrogens is 1. The third-order valence-corrected chi connectivity index (χ3v) is 4.82. The molecule has 0 aliphatic heterocycles. The number of aryl methyl sites for hydroxylation is 1. The van der Waals surface area contributed by atoms with E-state index >= 15 is 0 Å². The molecule has 7 heteroatoms. The number of oxazole rings is 1. The van der Waals surface area contributed by atoms with Crippen LogP contribution < -0.4 is 11.1 Å². The zero-order valence-electron chi connectivity index (χ0n) is 16.6. The topological polar surface area (TPSA) is 98.2 Å². The van der Waals surface area contributed by atoms with E-state index in [0.29, 0.717) is 16.8 Å². The number of rotatable bonds is 5. The predicted octanol–water partition coefficient (Wildman–Crippen LogP) is 4.81. The van der Waals surface area contributed by atoms with E-state index in [9.17, 15) is 14.0 Å². The Kier molecular flexibility index (Phi) is 5.32. The first kappa shape index (κ1) is 20.0. The maximum absolute atomic E-state index is 14.1. The van der Waals surface area contributed by atoms with Gasteiger partial charge in [0.2, 0.25) is 11.8 Å². The van der Waals surface area contributed by atoms with Crippen LogP contribution in [0.15, 0.2) is 77.3 Å². The number of nitrogens with zero attached hydrogens (tertiary/aromatic N) is 1. The van der Waals surface area contributed by atoms with Gasteiger partial charge in [-0.15, -0.1) is 0 Å². The van der Waals surface area contributed by atoms with Crippen LogP contribution in [0.5, 0.6) is 0 Å². The van der Waals surface area contributed by atoms with Crippen LogP contribution in [0.3, 0.4) is 0 Å². The number of benzene rings is 3. The highest BCUT2D eigenvalue weighted by Gasteiger charge is 2.19.